The highest BCUT2D eigenvalue weighted by atomic mass is 79.9. The first kappa shape index (κ1) is 18.3. The highest BCUT2D eigenvalue weighted by molar-refractivity contribution is 9.10. The first-order valence-electron chi connectivity index (χ1n) is 6.73. The molecule has 0 aliphatic heterocycles. The van der Waals surface area contributed by atoms with Gasteiger partial charge in [0.15, 0.2) is 0 Å². The van der Waals surface area contributed by atoms with Gasteiger partial charge in [-0.25, -0.2) is 4.79 Å². The molecule has 0 fully saturated rings. The van der Waals surface area contributed by atoms with Gasteiger partial charge >= 0.3 is 6.09 Å². The Balaban J connectivity index is 2.85. The molecule has 0 spiro atoms. The molecule has 1 aromatic carbocycles. The van der Waals surface area contributed by atoms with E-state index in [1.807, 2.05) is 6.07 Å². The van der Waals surface area contributed by atoms with Gasteiger partial charge in [-0.05, 0) is 38.5 Å². The van der Waals surface area contributed by atoms with Gasteiger partial charge in [0.2, 0.25) is 5.91 Å². The number of halogens is 1. The minimum Gasteiger partial charge on any atom is -0.496 e. The van der Waals surface area contributed by atoms with E-state index in [0.29, 0.717) is 5.75 Å². The van der Waals surface area contributed by atoms with Crippen LogP contribution in [-0.2, 0) is 16.0 Å². The van der Waals surface area contributed by atoms with E-state index in [-0.39, 0.29) is 6.42 Å². The predicted molar refractivity (Wildman–Crippen MR) is 86.8 cm³/mol. The van der Waals surface area contributed by atoms with Crippen LogP contribution < -0.4 is 15.8 Å². The number of hydrogen-bond acceptors (Lipinski definition) is 4. The lowest BCUT2D eigenvalue weighted by Gasteiger charge is -2.22. The molecule has 122 valence electrons. The van der Waals surface area contributed by atoms with Crippen LogP contribution >= 0.6 is 15.9 Å². The highest BCUT2D eigenvalue weighted by Gasteiger charge is 2.24. The minimum atomic E-state index is -0.884. The monoisotopic (exact) mass is 372 g/mol. The maximum atomic E-state index is 11.8. The number of amides is 2. The van der Waals surface area contributed by atoms with Crippen molar-refractivity contribution in [1.82, 2.24) is 5.32 Å². The zero-order chi connectivity index (χ0) is 16.9. The lowest BCUT2D eigenvalue weighted by atomic mass is 10.0. The average Bonchev–Trinajstić information content (AvgIpc) is 2.37. The van der Waals surface area contributed by atoms with Gasteiger partial charge in [-0.3, -0.25) is 4.79 Å². The smallest absolute Gasteiger partial charge is 0.408 e. The zero-order valence-electron chi connectivity index (χ0n) is 13.1. The summed E-state index contributed by atoms with van der Waals surface area (Å²) in [4.78, 5) is 23.4. The standard InChI is InChI=1S/C15H21BrN2O4/c1-15(2,3)22-14(20)18-11(13(17)19)7-9-5-6-10(16)8-12(9)21-4/h5-6,8,11H,7H2,1-4H3,(H2,17,19)(H,18,20)/t11-/m0/s1. The van der Waals surface area contributed by atoms with Crippen molar-refractivity contribution in [2.45, 2.75) is 38.8 Å². The van der Waals surface area contributed by atoms with E-state index in [1.54, 1.807) is 32.9 Å². The summed E-state index contributed by atoms with van der Waals surface area (Å²) in [5.41, 5.74) is 5.46. The van der Waals surface area contributed by atoms with Gasteiger partial charge in [0.25, 0.3) is 0 Å². The van der Waals surface area contributed by atoms with Crippen molar-refractivity contribution in [2.75, 3.05) is 7.11 Å². The van der Waals surface area contributed by atoms with Crippen molar-refractivity contribution in [3.8, 4) is 5.75 Å². The molecular weight excluding hydrogens is 352 g/mol. The Hall–Kier alpha value is -1.76. The Labute approximate surface area is 138 Å². The van der Waals surface area contributed by atoms with Crippen LogP contribution in [0.3, 0.4) is 0 Å². The molecule has 7 heteroatoms. The molecule has 2 amide bonds. The van der Waals surface area contributed by atoms with E-state index in [0.717, 1.165) is 10.0 Å². The predicted octanol–water partition coefficient (Wildman–Crippen LogP) is 2.38. The number of methoxy groups -OCH3 is 1. The van der Waals surface area contributed by atoms with Crippen molar-refractivity contribution < 1.29 is 19.1 Å². The Morgan fingerprint density at radius 3 is 2.50 bits per heavy atom. The number of rotatable bonds is 5. The summed E-state index contributed by atoms with van der Waals surface area (Å²) in [5.74, 6) is -0.0394. The molecule has 3 N–H and O–H groups in total. The summed E-state index contributed by atoms with van der Waals surface area (Å²) in [6.45, 7) is 5.22. The molecule has 0 saturated carbocycles. The highest BCUT2D eigenvalue weighted by Crippen LogP contribution is 2.24. The average molecular weight is 373 g/mol. The Bertz CT molecular complexity index is 555. The van der Waals surface area contributed by atoms with E-state index in [4.69, 9.17) is 15.2 Å². The summed E-state index contributed by atoms with van der Waals surface area (Å²) in [5, 5.41) is 2.48. The third-order valence-corrected chi connectivity index (χ3v) is 3.20. The molecule has 0 bridgehead atoms. The number of ether oxygens (including phenoxy) is 2. The maximum absolute atomic E-state index is 11.8. The van der Waals surface area contributed by atoms with Crippen molar-refractivity contribution in [3.63, 3.8) is 0 Å². The van der Waals surface area contributed by atoms with Crippen molar-refractivity contribution in [2.24, 2.45) is 5.73 Å². The first-order valence-corrected chi connectivity index (χ1v) is 7.53. The van der Waals surface area contributed by atoms with Gasteiger partial charge in [0, 0.05) is 10.9 Å². The topological polar surface area (TPSA) is 90.7 Å². The van der Waals surface area contributed by atoms with Crippen LogP contribution in [0.5, 0.6) is 5.75 Å². The summed E-state index contributed by atoms with van der Waals surface area (Å²) in [6, 6.07) is 4.52. The number of benzene rings is 1. The summed E-state index contributed by atoms with van der Waals surface area (Å²) in [7, 11) is 1.53. The van der Waals surface area contributed by atoms with Gasteiger partial charge in [-0.15, -0.1) is 0 Å². The number of hydrogen-bond donors (Lipinski definition) is 2. The van der Waals surface area contributed by atoms with Crippen LogP contribution in [0.4, 0.5) is 4.79 Å². The molecule has 0 aliphatic rings. The number of nitrogens with two attached hydrogens (primary N) is 1. The molecule has 1 rings (SSSR count). The van der Waals surface area contributed by atoms with E-state index in [9.17, 15) is 9.59 Å². The molecule has 6 nitrogen and oxygen atoms in total. The van der Waals surface area contributed by atoms with Crippen LogP contribution in [-0.4, -0.2) is 30.8 Å². The van der Waals surface area contributed by atoms with Crippen molar-refractivity contribution in [3.05, 3.63) is 28.2 Å². The van der Waals surface area contributed by atoms with Gasteiger partial charge in [-0.1, -0.05) is 22.0 Å². The summed E-state index contributed by atoms with van der Waals surface area (Å²) >= 11 is 3.34. The first-order chi connectivity index (χ1) is 10.1. The second kappa shape index (κ2) is 7.49. The van der Waals surface area contributed by atoms with Crippen LogP contribution in [0.25, 0.3) is 0 Å². The third kappa shape index (κ3) is 5.93. The van der Waals surface area contributed by atoms with Gasteiger partial charge in [0.1, 0.15) is 17.4 Å². The fraction of sp³-hybridized carbons (Fsp3) is 0.467. The number of carbonyl (C=O) groups is 2. The van der Waals surface area contributed by atoms with Crippen LogP contribution in [0.1, 0.15) is 26.3 Å². The molecule has 22 heavy (non-hydrogen) atoms. The van der Waals surface area contributed by atoms with E-state index in [2.05, 4.69) is 21.2 Å². The van der Waals surface area contributed by atoms with Gasteiger partial charge in [0.05, 0.1) is 7.11 Å². The van der Waals surface area contributed by atoms with Gasteiger partial charge < -0.3 is 20.5 Å². The van der Waals surface area contributed by atoms with E-state index >= 15 is 0 Å². The van der Waals surface area contributed by atoms with E-state index < -0.39 is 23.6 Å². The molecule has 1 aromatic rings. The minimum absolute atomic E-state index is 0.213. The Kier molecular flexibility index (Phi) is 6.22. The second-order valence-corrected chi connectivity index (χ2v) is 6.68. The zero-order valence-corrected chi connectivity index (χ0v) is 14.7. The number of primary amides is 1. The molecule has 0 saturated heterocycles. The van der Waals surface area contributed by atoms with Crippen molar-refractivity contribution in [1.29, 1.82) is 0 Å². The second-order valence-electron chi connectivity index (χ2n) is 5.76. The molecule has 0 aromatic heterocycles. The maximum Gasteiger partial charge on any atom is 0.408 e. The number of carbonyl (C=O) groups excluding carboxylic acids is 2. The molecule has 0 aliphatic carbocycles. The van der Waals surface area contributed by atoms with E-state index in [1.165, 1.54) is 7.11 Å². The molecule has 0 radical (unpaired) electrons. The van der Waals surface area contributed by atoms with Crippen LogP contribution in [0.2, 0.25) is 0 Å². The lowest BCUT2D eigenvalue weighted by Crippen LogP contribution is -2.47. The molecule has 1 atom stereocenters. The quantitative estimate of drug-likeness (QED) is 0.829. The Morgan fingerprint density at radius 1 is 1.36 bits per heavy atom. The fourth-order valence-corrected chi connectivity index (χ4v) is 2.12. The van der Waals surface area contributed by atoms with Gasteiger partial charge in [-0.2, -0.15) is 0 Å². The third-order valence-electron chi connectivity index (χ3n) is 2.71. The van der Waals surface area contributed by atoms with Crippen LogP contribution in [0.15, 0.2) is 22.7 Å². The molecule has 0 heterocycles. The SMILES string of the molecule is COc1cc(Br)ccc1C[C@H](NC(=O)OC(C)(C)C)C(N)=O. The van der Waals surface area contributed by atoms with Crippen molar-refractivity contribution >= 4 is 27.9 Å². The fourth-order valence-electron chi connectivity index (χ4n) is 1.78. The number of alkyl carbamates (subject to hydrolysis) is 1. The lowest BCUT2D eigenvalue weighted by molar-refractivity contribution is -0.120. The number of nitrogens with one attached hydrogen (secondary N) is 1. The largest absolute Gasteiger partial charge is 0.496 e. The molecular formula is C15H21BrN2O4. The van der Waals surface area contributed by atoms with Crippen LogP contribution in [0, 0.1) is 0 Å². The normalized spacial score (nSPS) is 12.4. The Morgan fingerprint density at radius 2 is 2.00 bits per heavy atom. The molecule has 0 unspecified atom stereocenters. The summed E-state index contributed by atoms with van der Waals surface area (Å²) in [6.07, 6.45) is -0.474. The summed E-state index contributed by atoms with van der Waals surface area (Å²) < 4.78 is 11.3.